The first kappa shape index (κ1) is 20.0. The van der Waals surface area contributed by atoms with Gasteiger partial charge in [0.15, 0.2) is 0 Å². The zero-order valence-corrected chi connectivity index (χ0v) is 17.6. The molecule has 1 aliphatic heterocycles. The number of ether oxygens (including phenoxy) is 2. The van der Waals surface area contributed by atoms with Gasteiger partial charge in [0.05, 0.1) is 24.5 Å². The number of halogens is 1. The monoisotopic (exact) mass is 405 g/mol. The number of amides is 1. The topological polar surface area (TPSA) is 81.0 Å². The van der Waals surface area contributed by atoms with Gasteiger partial charge in [-0.2, -0.15) is 0 Å². The molecule has 0 saturated carbocycles. The molecule has 28 heavy (non-hydrogen) atoms. The number of pyridine rings is 1. The largest absolute Gasteiger partial charge is 0.481 e. The first-order valence-electron chi connectivity index (χ1n) is 8.77. The molecule has 0 aliphatic carbocycles. The molecule has 1 amide bonds. The second-order valence-electron chi connectivity index (χ2n) is 7.42. The van der Waals surface area contributed by atoms with Crippen LogP contribution in [0.3, 0.4) is 0 Å². The molecule has 0 atom stereocenters. The highest BCUT2D eigenvalue weighted by atomic mass is 35.5. The highest BCUT2D eigenvalue weighted by molar-refractivity contribution is 6.30. The van der Waals surface area contributed by atoms with Gasteiger partial charge >= 0.3 is 6.09 Å². The number of nitrogens with zero attached hydrogens (tertiary/aromatic N) is 4. The number of methoxy groups -OCH3 is 1. The van der Waals surface area contributed by atoms with Crippen LogP contribution in [0, 0.1) is 0 Å². The van der Waals surface area contributed by atoms with Gasteiger partial charge in [0.1, 0.15) is 28.8 Å². The van der Waals surface area contributed by atoms with Gasteiger partial charge in [-0.1, -0.05) is 11.6 Å². The molecule has 2 aromatic heterocycles. The van der Waals surface area contributed by atoms with Crippen LogP contribution < -0.4 is 5.32 Å². The van der Waals surface area contributed by atoms with Crippen LogP contribution in [-0.4, -0.2) is 52.9 Å². The van der Waals surface area contributed by atoms with Crippen molar-refractivity contribution in [3.05, 3.63) is 35.0 Å². The first-order valence-corrected chi connectivity index (χ1v) is 9.15. The number of aromatic nitrogens is 2. The Morgan fingerprint density at radius 1 is 1.36 bits per heavy atom. The fourth-order valence-electron chi connectivity index (χ4n) is 3.01. The maximum Gasteiger partial charge on any atom is 0.415 e. The van der Waals surface area contributed by atoms with Gasteiger partial charge < -0.3 is 19.4 Å². The molecule has 0 fully saturated rings. The van der Waals surface area contributed by atoms with Crippen molar-refractivity contribution in [1.82, 2.24) is 19.8 Å². The molecule has 0 spiro atoms. The Morgan fingerprint density at radius 2 is 2.07 bits per heavy atom. The third-order valence-electron chi connectivity index (χ3n) is 4.27. The summed E-state index contributed by atoms with van der Waals surface area (Å²) in [5.74, 6) is 0.972. The van der Waals surface area contributed by atoms with Crippen LogP contribution in [0.4, 0.5) is 4.79 Å². The SMILES string of the molecule is COC1=NCNC(N(C)C(=O)OC(C)(C)C)=C1c1cc2cc(Cl)ncc2n1C. The van der Waals surface area contributed by atoms with Crippen molar-refractivity contribution >= 4 is 40.1 Å². The average molecular weight is 406 g/mol. The van der Waals surface area contributed by atoms with Crippen molar-refractivity contribution < 1.29 is 14.3 Å². The summed E-state index contributed by atoms with van der Waals surface area (Å²) in [5.41, 5.74) is 1.74. The van der Waals surface area contributed by atoms with E-state index in [1.54, 1.807) is 26.4 Å². The molecule has 1 aliphatic rings. The summed E-state index contributed by atoms with van der Waals surface area (Å²) in [6, 6.07) is 3.75. The zero-order valence-electron chi connectivity index (χ0n) is 16.8. The Bertz CT molecular complexity index is 987. The van der Waals surface area contributed by atoms with Crippen molar-refractivity contribution in [2.45, 2.75) is 26.4 Å². The predicted octanol–water partition coefficient (Wildman–Crippen LogP) is 3.37. The van der Waals surface area contributed by atoms with Gasteiger partial charge in [-0.05, 0) is 32.9 Å². The number of nitrogens with one attached hydrogen (secondary N) is 1. The van der Waals surface area contributed by atoms with Crippen molar-refractivity contribution in [1.29, 1.82) is 0 Å². The van der Waals surface area contributed by atoms with Crippen molar-refractivity contribution in [2.24, 2.45) is 12.0 Å². The van der Waals surface area contributed by atoms with Gasteiger partial charge in [0.2, 0.25) is 5.90 Å². The molecule has 150 valence electrons. The molecule has 0 radical (unpaired) electrons. The average Bonchev–Trinajstić information content (AvgIpc) is 2.94. The van der Waals surface area contributed by atoms with Crippen LogP contribution in [0.5, 0.6) is 0 Å². The Labute approximate surface area is 168 Å². The third kappa shape index (κ3) is 3.77. The standard InChI is InChI=1S/C19H24ClN5O3/c1-19(2,3)28-18(26)25(5)16-15(17(27-6)23-10-22-16)12-7-11-8-14(20)21-9-13(11)24(12)4/h7-9,22H,10H2,1-6H3. The van der Waals surface area contributed by atoms with E-state index in [1.165, 1.54) is 4.90 Å². The maximum absolute atomic E-state index is 12.6. The van der Waals surface area contributed by atoms with E-state index in [0.717, 1.165) is 16.6 Å². The number of carbonyl (C=O) groups excluding carboxylic acids is 1. The number of aliphatic imine (C=N–C) groups is 1. The molecular formula is C19H24ClN5O3. The lowest BCUT2D eigenvalue weighted by atomic mass is 10.1. The van der Waals surface area contributed by atoms with Gasteiger partial charge in [-0.3, -0.25) is 4.90 Å². The number of hydrogen-bond acceptors (Lipinski definition) is 6. The minimum Gasteiger partial charge on any atom is -0.481 e. The highest BCUT2D eigenvalue weighted by Gasteiger charge is 2.30. The minimum atomic E-state index is -0.610. The van der Waals surface area contributed by atoms with Crippen molar-refractivity contribution in [2.75, 3.05) is 20.8 Å². The molecular weight excluding hydrogens is 382 g/mol. The van der Waals surface area contributed by atoms with E-state index in [4.69, 9.17) is 21.1 Å². The molecule has 0 aromatic carbocycles. The summed E-state index contributed by atoms with van der Waals surface area (Å²) < 4.78 is 13.0. The van der Waals surface area contributed by atoms with Crippen LogP contribution in [0.15, 0.2) is 29.1 Å². The van der Waals surface area contributed by atoms with E-state index < -0.39 is 11.7 Å². The smallest absolute Gasteiger partial charge is 0.415 e. The molecule has 1 N–H and O–H groups in total. The summed E-state index contributed by atoms with van der Waals surface area (Å²) in [6.07, 6.45) is 1.23. The van der Waals surface area contributed by atoms with Crippen LogP contribution in [-0.2, 0) is 16.5 Å². The summed E-state index contributed by atoms with van der Waals surface area (Å²) in [5, 5.41) is 4.49. The van der Waals surface area contributed by atoms with E-state index >= 15 is 0 Å². The predicted molar refractivity (Wildman–Crippen MR) is 109 cm³/mol. The molecule has 3 heterocycles. The normalized spacial score (nSPS) is 14.6. The third-order valence-corrected chi connectivity index (χ3v) is 4.47. The summed E-state index contributed by atoms with van der Waals surface area (Å²) in [6.45, 7) is 5.76. The van der Waals surface area contributed by atoms with E-state index in [9.17, 15) is 4.79 Å². The van der Waals surface area contributed by atoms with Gasteiger partial charge in [0.25, 0.3) is 0 Å². The van der Waals surface area contributed by atoms with Gasteiger partial charge in [-0.15, -0.1) is 0 Å². The fraction of sp³-hybridized carbons (Fsp3) is 0.421. The maximum atomic E-state index is 12.6. The molecule has 0 unspecified atom stereocenters. The highest BCUT2D eigenvalue weighted by Crippen LogP contribution is 2.30. The first-order chi connectivity index (χ1) is 13.1. The Morgan fingerprint density at radius 3 is 2.71 bits per heavy atom. The summed E-state index contributed by atoms with van der Waals surface area (Å²) in [4.78, 5) is 22.6. The second-order valence-corrected chi connectivity index (χ2v) is 7.81. The van der Waals surface area contributed by atoms with Crippen LogP contribution in [0.1, 0.15) is 26.5 Å². The van der Waals surface area contributed by atoms with Gasteiger partial charge in [-0.25, -0.2) is 14.8 Å². The van der Waals surface area contributed by atoms with E-state index in [1.807, 2.05) is 38.5 Å². The molecule has 2 aromatic rings. The molecule has 0 saturated heterocycles. The van der Waals surface area contributed by atoms with E-state index in [-0.39, 0.29) is 6.67 Å². The Hall–Kier alpha value is -2.74. The lowest BCUT2D eigenvalue weighted by Crippen LogP contribution is -2.41. The lowest BCUT2D eigenvalue weighted by molar-refractivity contribution is 0.0343. The second kappa shape index (κ2) is 7.35. The number of hydrogen-bond donors (Lipinski definition) is 1. The van der Waals surface area contributed by atoms with Crippen molar-refractivity contribution in [3.63, 3.8) is 0 Å². The Kier molecular flexibility index (Phi) is 5.25. The van der Waals surface area contributed by atoms with Crippen LogP contribution in [0.25, 0.3) is 16.5 Å². The number of carbonyl (C=O) groups is 1. The molecule has 9 heteroatoms. The van der Waals surface area contributed by atoms with Crippen LogP contribution in [0.2, 0.25) is 5.15 Å². The molecule has 8 nitrogen and oxygen atoms in total. The quantitative estimate of drug-likeness (QED) is 0.775. The van der Waals surface area contributed by atoms with Crippen molar-refractivity contribution in [3.8, 4) is 0 Å². The minimum absolute atomic E-state index is 0.284. The molecule has 3 rings (SSSR count). The van der Waals surface area contributed by atoms with E-state index in [0.29, 0.717) is 22.4 Å². The van der Waals surface area contributed by atoms with E-state index in [2.05, 4.69) is 15.3 Å². The van der Waals surface area contributed by atoms with Gasteiger partial charge in [0, 0.05) is 19.5 Å². The number of fused-ring (bicyclic) bond motifs is 1. The number of aryl methyl sites for hydroxylation is 1. The number of rotatable bonds is 2. The Balaban J connectivity index is 2.16. The zero-order chi connectivity index (χ0) is 20.6. The molecule has 0 bridgehead atoms. The fourth-order valence-corrected chi connectivity index (χ4v) is 3.17. The lowest BCUT2D eigenvalue weighted by Gasteiger charge is -2.30. The summed E-state index contributed by atoms with van der Waals surface area (Å²) >= 11 is 6.04. The van der Waals surface area contributed by atoms with Crippen LogP contribution >= 0.6 is 11.6 Å². The summed E-state index contributed by atoms with van der Waals surface area (Å²) in [7, 11) is 5.11.